The van der Waals surface area contributed by atoms with Gasteiger partial charge in [-0.15, -0.1) is 0 Å². The smallest absolute Gasteiger partial charge is 0.306 e. The van der Waals surface area contributed by atoms with E-state index in [2.05, 4.69) is 5.32 Å². The van der Waals surface area contributed by atoms with Crippen molar-refractivity contribution in [2.45, 2.75) is 19.8 Å². The highest BCUT2D eigenvalue weighted by Gasteiger charge is 2.13. The predicted octanol–water partition coefficient (Wildman–Crippen LogP) is 5.30. The summed E-state index contributed by atoms with van der Waals surface area (Å²) in [6.07, 6.45) is 0.616. The highest BCUT2D eigenvalue weighted by molar-refractivity contribution is 6.42. The normalized spacial score (nSPS) is 10.4. The standard InChI is InChI=1S/C19H18Cl3NO4/c1-12-4-2-5-14(8-12)26-7-3-6-18(25)27-11-17(24)23-19-15(21)9-13(20)10-16(19)22/h2,4-5,8-10H,3,6-7,11H2,1H3,(H,23,24). The minimum absolute atomic E-state index is 0.140. The van der Waals surface area contributed by atoms with Gasteiger partial charge in [0, 0.05) is 11.4 Å². The first kappa shape index (κ1) is 21.4. The lowest BCUT2D eigenvalue weighted by Crippen LogP contribution is -2.21. The van der Waals surface area contributed by atoms with E-state index in [9.17, 15) is 9.59 Å². The fraction of sp³-hybridized carbons (Fsp3) is 0.263. The lowest BCUT2D eigenvalue weighted by Gasteiger charge is -2.10. The van der Waals surface area contributed by atoms with E-state index in [1.54, 1.807) is 0 Å². The van der Waals surface area contributed by atoms with Gasteiger partial charge in [0.15, 0.2) is 6.61 Å². The second kappa shape index (κ2) is 10.4. The van der Waals surface area contributed by atoms with Crippen molar-refractivity contribution in [3.05, 3.63) is 57.0 Å². The first-order valence-electron chi connectivity index (χ1n) is 8.14. The first-order chi connectivity index (χ1) is 12.8. The topological polar surface area (TPSA) is 64.6 Å². The molecule has 0 unspecified atom stereocenters. The molecule has 0 radical (unpaired) electrons. The molecular formula is C19H18Cl3NO4. The molecule has 0 heterocycles. The van der Waals surface area contributed by atoms with Gasteiger partial charge < -0.3 is 14.8 Å². The van der Waals surface area contributed by atoms with Gasteiger partial charge in [-0.2, -0.15) is 0 Å². The van der Waals surface area contributed by atoms with Crippen LogP contribution in [0.4, 0.5) is 5.69 Å². The average molecular weight is 431 g/mol. The van der Waals surface area contributed by atoms with Crippen LogP contribution in [-0.2, 0) is 14.3 Å². The Balaban J connectivity index is 1.68. The number of anilines is 1. The van der Waals surface area contributed by atoms with Crippen molar-refractivity contribution < 1.29 is 19.1 Å². The van der Waals surface area contributed by atoms with E-state index in [0.717, 1.165) is 11.3 Å². The number of hydrogen-bond donors (Lipinski definition) is 1. The van der Waals surface area contributed by atoms with Crippen molar-refractivity contribution in [3.63, 3.8) is 0 Å². The van der Waals surface area contributed by atoms with Gasteiger partial charge in [-0.1, -0.05) is 46.9 Å². The van der Waals surface area contributed by atoms with E-state index < -0.39 is 18.5 Å². The van der Waals surface area contributed by atoms with E-state index >= 15 is 0 Å². The summed E-state index contributed by atoms with van der Waals surface area (Å²) in [4.78, 5) is 23.6. The Morgan fingerprint density at radius 1 is 1.07 bits per heavy atom. The Kier molecular flexibility index (Phi) is 8.23. The molecule has 2 aromatic rings. The van der Waals surface area contributed by atoms with E-state index in [1.807, 2.05) is 31.2 Å². The van der Waals surface area contributed by atoms with Crippen molar-refractivity contribution in [3.8, 4) is 5.75 Å². The highest BCUT2D eigenvalue weighted by Crippen LogP contribution is 2.33. The number of nitrogens with one attached hydrogen (secondary N) is 1. The van der Waals surface area contributed by atoms with Crippen LogP contribution in [0.1, 0.15) is 18.4 Å². The second-order valence-corrected chi connectivity index (χ2v) is 6.97. The van der Waals surface area contributed by atoms with E-state index in [1.165, 1.54) is 12.1 Å². The largest absolute Gasteiger partial charge is 0.494 e. The van der Waals surface area contributed by atoms with Gasteiger partial charge in [-0.25, -0.2) is 0 Å². The molecule has 8 heteroatoms. The number of ether oxygens (including phenoxy) is 2. The molecule has 0 atom stereocenters. The van der Waals surface area contributed by atoms with Gasteiger partial charge in [-0.3, -0.25) is 9.59 Å². The molecule has 2 aromatic carbocycles. The summed E-state index contributed by atoms with van der Waals surface area (Å²) in [5.41, 5.74) is 1.31. The van der Waals surface area contributed by atoms with Crippen LogP contribution in [0.3, 0.4) is 0 Å². The van der Waals surface area contributed by atoms with Gasteiger partial charge >= 0.3 is 5.97 Å². The molecule has 0 fully saturated rings. The zero-order chi connectivity index (χ0) is 19.8. The number of halogens is 3. The Morgan fingerprint density at radius 2 is 1.78 bits per heavy atom. The zero-order valence-electron chi connectivity index (χ0n) is 14.6. The van der Waals surface area contributed by atoms with Gasteiger partial charge in [0.1, 0.15) is 5.75 Å². The molecule has 0 bridgehead atoms. The number of rotatable bonds is 8. The molecule has 0 aliphatic carbocycles. The van der Waals surface area contributed by atoms with Crippen LogP contribution in [0.2, 0.25) is 15.1 Å². The van der Waals surface area contributed by atoms with Crippen molar-refractivity contribution in [1.29, 1.82) is 0 Å². The summed E-state index contributed by atoms with van der Waals surface area (Å²) in [7, 11) is 0. The second-order valence-electron chi connectivity index (χ2n) is 5.72. The first-order valence-corrected chi connectivity index (χ1v) is 9.28. The summed E-state index contributed by atoms with van der Waals surface area (Å²) in [6.45, 7) is 1.91. The van der Waals surface area contributed by atoms with Crippen molar-refractivity contribution >= 4 is 52.4 Å². The Hall–Kier alpha value is -1.95. The molecule has 2 rings (SSSR count). The van der Waals surface area contributed by atoms with Gasteiger partial charge in [0.05, 0.1) is 22.3 Å². The molecule has 0 aromatic heterocycles. The van der Waals surface area contributed by atoms with Crippen LogP contribution >= 0.6 is 34.8 Å². The van der Waals surface area contributed by atoms with Gasteiger partial charge in [0.25, 0.3) is 5.91 Å². The minimum Gasteiger partial charge on any atom is -0.494 e. The maximum atomic E-state index is 11.9. The van der Waals surface area contributed by atoms with Crippen molar-refractivity contribution in [2.24, 2.45) is 0 Å². The summed E-state index contributed by atoms with van der Waals surface area (Å²) in [5.74, 6) is -0.295. The third-order valence-corrected chi connectivity index (χ3v) is 4.23. The minimum atomic E-state index is -0.550. The molecule has 144 valence electrons. The summed E-state index contributed by atoms with van der Waals surface area (Å²) in [6, 6.07) is 10.5. The third kappa shape index (κ3) is 7.29. The molecule has 0 aliphatic rings. The van der Waals surface area contributed by atoms with E-state index in [0.29, 0.717) is 18.1 Å². The maximum absolute atomic E-state index is 11.9. The SMILES string of the molecule is Cc1cccc(OCCCC(=O)OCC(=O)Nc2c(Cl)cc(Cl)cc2Cl)c1. The fourth-order valence-corrected chi connectivity index (χ4v) is 3.08. The van der Waals surface area contributed by atoms with E-state index in [4.69, 9.17) is 44.3 Å². The van der Waals surface area contributed by atoms with Crippen LogP contribution < -0.4 is 10.1 Å². The number of esters is 1. The van der Waals surface area contributed by atoms with Crippen LogP contribution in [0.5, 0.6) is 5.75 Å². The lowest BCUT2D eigenvalue weighted by molar-refractivity contribution is -0.147. The molecular weight excluding hydrogens is 413 g/mol. The van der Waals surface area contributed by atoms with Crippen LogP contribution in [-0.4, -0.2) is 25.1 Å². The highest BCUT2D eigenvalue weighted by atomic mass is 35.5. The fourth-order valence-electron chi connectivity index (χ4n) is 2.17. The maximum Gasteiger partial charge on any atom is 0.306 e. The zero-order valence-corrected chi connectivity index (χ0v) is 16.8. The van der Waals surface area contributed by atoms with Gasteiger partial charge in [0.2, 0.25) is 0 Å². The summed E-state index contributed by atoms with van der Waals surface area (Å²) < 4.78 is 10.5. The number of aryl methyl sites for hydroxylation is 1. The number of benzene rings is 2. The van der Waals surface area contributed by atoms with Crippen LogP contribution in [0.25, 0.3) is 0 Å². The van der Waals surface area contributed by atoms with Crippen LogP contribution in [0.15, 0.2) is 36.4 Å². The van der Waals surface area contributed by atoms with E-state index in [-0.39, 0.29) is 22.2 Å². The average Bonchev–Trinajstić information content (AvgIpc) is 2.60. The Bertz CT molecular complexity index is 803. The summed E-state index contributed by atoms with van der Waals surface area (Å²) in [5, 5.41) is 3.23. The monoisotopic (exact) mass is 429 g/mol. The van der Waals surface area contributed by atoms with Crippen LogP contribution in [0, 0.1) is 6.92 Å². The number of amides is 1. The van der Waals surface area contributed by atoms with Gasteiger partial charge in [-0.05, 0) is 43.2 Å². The lowest BCUT2D eigenvalue weighted by atomic mass is 10.2. The molecule has 1 N–H and O–H groups in total. The summed E-state index contributed by atoms with van der Waals surface area (Å²) >= 11 is 17.8. The molecule has 0 saturated heterocycles. The molecule has 1 amide bonds. The van der Waals surface area contributed by atoms with Crippen molar-refractivity contribution in [2.75, 3.05) is 18.5 Å². The molecule has 0 spiro atoms. The molecule has 0 saturated carbocycles. The Labute approximate surface area is 172 Å². The number of carbonyl (C=O) groups is 2. The quantitative estimate of drug-likeness (QED) is 0.456. The molecule has 0 aliphatic heterocycles. The molecule has 27 heavy (non-hydrogen) atoms. The number of hydrogen-bond acceptors (Lipinski definition) is 4. The molecule has 5 nitrogen and oxygen atoms in total. The number of carbonyl (C=O) groups excluding carboxylic acids is 2. The Morgan fingerprint density at radius 3 is 2.44 bits per heavy atom. The third-order valence-electron chi connectivity index (χ3n) is 3.42. The van der Waals surface area contributed by atoms with Crippen molar-refractivity contribution in [1.82, 2.24) is 0 Å². The predicted molar refractivity (Wildman–Crippen MR) is 107 cm³/mol.